The van der Waals surface area contributed by atoms with Gasteiger partial charge in [-0.15, -0.1) is 0 Å². The second kappa shape index (κ2) is 7.75. The van der Waals surface area contributed by atoms with Crippen molar-refractivity contribution >= 4 is 33.1 Å². The van der Waals surface area contributed by atoms with Crippen molar-refractivity contribution < 1.29 is 17.9 Å². The summed E-state index contributed by atoms with van der Waals surface area (Å²) >= 11 is 0. The van der Waals surface area contributed by atoms with E-state index in [1.54, 1.807) is 42.3 Å². The van der Waals surface area contributed by atoms with Crippen LogP contribution >= 0.6 is 0 Å². The Bertz CT molecular complexity index is 1220. The SMILES string of the molecule is CC(=O)Nc1cc(Nc2ccc3c(n2)S(=O)(=O)CCCO3)c(-c2ccn(C)n2)cn1. The van der Waals surface area contributed by atoms with Gasteiger partial charge in [-0.3, -0.25) is 9.48 Å². The summed E-state index contributed by atoms with van der Waals surface area (Å²) in [6, 6.07) is 6.69. The first kappa shape index (κ1) is 19.8. The highest BCUT2D eigenvalue weighted by molar-refractivity contribution is 7.91. The Morgan fingerprint density at radius 2 is 2.07 bits per heavy atom. The van der Waals surface area contributed by atoms with Crippen molar-refractivity contribution in [2.45, 2.75) is 18.4 Å². The molecule has 30 heavy (non-hydrogen) atoms. The molecule has 0 radical (unpaired) electrons. The number of anilines is 3. The maximum absolute atomic E-state index is 12.5. The number of amides is 1. The summed E-state index contributed by atoms with van der Waals surface area (Å²) in [5.41, 5.74) is 1.89. The number of pyridine rings is 2. The zero-order valence-corrected chi connectivity index (χ0v) is 17.2. The molecule has 0 unspecified atom stereocenters. The highest BCUT2D eigenvalue weighted by Gasteiger charge is 2.25. The van der Waals surface area contributed by atoms with Crippen LogP contribution in [0.4, 0.5) is 17.3 Å². The lowest BCUT2D eigenvalue weighted by molar-refractivity contribution is -0.114. The van der Waals surface area contributed by atoms with Crippen LogP contribution in [0.5, 0.6) is 5.75 Å². The van der Waals surface area contributed by atoms with Gasteiger partial charge in [0.2, 0.25) is 5.91 Å². The molecule has 4 rings (SSSR count). The van der Waals surface area contributed by atoms with Gasteiger partial charge in [0.05, 0.1) is 23.7 Å². The van der Waals surface area contributed by atoms with E-state index in [4.69, 9.17) is 4.74 Å². The minimum absolute atomic E-state index is 0.0163. The molecule has 0 aromatic carbocycles. The van der Waals surface area contributed by atoms with E-state index in [-0.39, 0.29) is 22.4 Å². The van der Waals surface area contributed by atoms with Crippen LogP contribution < -0.4 is 15.4 Å². The first-order valence-corrected chi connectivity index (χ1v) is 10.9. The van der Waals surface area contributed by atoms with Crippen LogP contribution in [0.3, 0.4) is 0 Å². The average Bonchev–Trinajstić information content (AvgIpc) is 3.05. The molecule has 0 saturated carbocycles. The summed E-state index contributed by atoms with van der Waals surface area (Å²) in [6.45, 7) is 1.72. The summed E-state index contributed by atoms with van der Waals surface area (Å²) in [5, 5.41) is 10.1. The topological polar surface area (TPSA) is 128 Å². The molecule has 0 aliphatic carbocycles. The zero-order valence-electron chi connectivity index (χ0n) is 16.4. The molecular formula is C19H20N6O4S. The van der Waals surface area contributed by atoms with Gasteiger partial charge in [0.1, 0.15) is 11.6 Å². The number of hydrogen-bond acceptors (Lipinski definition) is 8. The van der Waals surface area contributed by atoms with Crippen LogP contribution in [-0.4, -0.2) is 46.4 Å². The Morgan fingerprint density at radius 3 is 2.80 bits per heavy atom. The molecule has 1 aliphatic heterocycles. The lowest BCUT2D eigenvalue weighted by Gasteiger charge is -2.13. The predicted octanol–water partition coefficient (Wildman–Crippen LogP) is 2.14. The molecule has 156 valence electrons. The maximum Gasteiger partial charge on any atom is 0.222 e. The van der Waals surface area contributed by atoms with Gasteiger partial charge < -0.3 is 15.4 Å². The number of hydrogen-bond donors (Lipinski definition) is 2. The number of ether oxygens (including phenoxy) is 1. The van der Waals surface area contributed by atoms with Crippen LogP contribution in [0.1, 0.15) is 13.3 Å². The van der Waals surface area contributed by atoms with Gasteiger partial charge >= 0.3 is 0 Å². The lowest BCUT2D eigenvalue weighted by Crippen LogP contribution is -2.10. The first-order valence-electron chi connectivity index (χ1n) is 9.23. The van der Waals surface area contributed by atoms with E-state index in [1.807, 2.05) is 6.07 Å². The Kier molecular flexibility index (Phi) is 5.12. The van der Waals surface area contributed by atoms with Gasteiger partial charge in [-0.25, -0.2) is 18.4 Å². The highest BCUT2D eigenvalue weighted by atomic mass is 32.2. The van der Waals surface area contributed by atoms with Gasteiger partial charge in [0.15, 0.2) is 20.6 Å². The summed E-state index contributed by atoms with van der Waals surface area (Å²) in [7, 11) is -1.74. The monoisotopic (exact) mass is 428 g/mol. The van der Waals surface area contributed by atoms with E-state index < -0.39 is 9.84 Å². The fourth-order valence-corrected chi connectivity index (χ4v) is 4.43. The Balaban J connectivity index is 1.76. The summed E-state index contributed by atoms with van der Waals surface area (Å²) in [5.74, 6) is 0.634. The molecule has 1 amide bonds. The van der Waals surface area contributed by atoms with Crippen molar-refractivity contribution in [3.05, 3.63) is 36.7 Å². The number of aryl methyl sites for hydroxylation is 1. The number of sulfone groups is 1. The standard InChI is InChI=1S/C19H20N6O4S/c1-12(26)21-18-10-15(13(11-20-18)14-6-7-25(2)24-14)22-17-5-4-16-19(23-17)30(27,28)9-3-8-29-16/h4-7,10-11H,3,8-9H2,1-2H3,(H2,20,21,22,23,26). The number of fused-ring (bicyclic) bond motifs is 1. The number of aromatic nitrogens is 4. The van der Waals surface area contributed by atoms with E-state index in [2.05, 4.69) is 25.7 Å². The van der Waals surface area contributed by atoms with E-state index in [0.717, 1.165) is 0 Å². The van der Waals surface area contributed by atoms with Crippen LogP contribution in [0.15, 0.2) is 41.7 Å². The lowest BCUT2D eigenvalue weighted by atomic mass is 10.1. The summed E-state index contributed by atoms with van der Waals surface area (Å²) in [6.07, 6.45) is 3.79. The van der Waals surface area contributed by atoms with Gasteiger partial charge in [-0.05, 0) is 24.6 Å². The van der Waals surface area contributed by atoms with E-state index in [1.165, 1.54) is 6.92 Å². The second-order valence-electron chi connectivity index (χ2n) is 6.82. The number of rotatable bonds is 4. The number of carbonyl (C=O) groups excluding carboxylic acids is 1. The first-order chi connectivity index (χ1) is 14.3. The number of nitrogens with one attached hydrogen (secondary N) is 2. The molecule has 0 saturated heterocycles. The number of nitrogens with zero attached hydrogens (tertiary/aromatic N) is 4. The molecule has 0 spiro atoms. The van der Waals surface area contributed by atoms with Gasteiger partial charge in [0.25, 0.3) is 0 Å². The number of carbonyl (C=O) groups is 1. The fraction of sp³-hybridized carbons (Fsp3) is 0.263. The van der Waals surface area contributed by atoms with Crippen LogP contribution in [-0.2, 0) is 21.7 Å². The summed E-state index contributed by atoms with van der Waals surface area (Å²) < 4.78 is 32.2. The van der Waals surface area contributed by atoms with Crippen LogP contribution in [0.25, 0.3) is 11.3 Å². The van der Waals surface area contributed by atoms with Gasteiger partial charge in [-0.1, -0.05) is 0 Å². The third kappa shape index (κ3) is 4.10. The minimum atomic E-state index is -3.54. The van der Waals surface area contributed by atoms with Crippen LogP contribution in [0, 0.1) is 0 Å². The third-order valence-corrected chi connectivity index (χ3v) is 6.10. The average molecular weight is 428 g/mol. The molecule has 3 aromatic rings. The van der Waals surface area contributed by atoms with E-state index in [9.17, 15) is 13.2 Å². The molecular weight excluding hydrogens is 408 g/mol. The second-order valence-corrected chi connectivity index (χ2v) is 8.84. The molecule has 0 fully saturated rings. The molecule has 4 heterocycles. The smallest absolute Gasteiger partial charge is 0.222 e. The minimum Gasteiger partial charge on any atom is -0.491 e. The molecule has 3 aromatic heterocycles. The Morgan fingerprint density at radius 1 is 1.23 bits per heavy atom. The Hall–Kier alpha value is -3.47. The molecule has 10 nitrogen and oxygen atoms in total. The highest BCUT2D eigenvalue weighted by Crippen LogP contribution is 2.33. The quantitative estimate of drug-likeness (QED) is 0.647. The predicted molar refractivity (Wildman–Crippen MR) is 110 cm³/mol. The van der Waals surface area contributed by atoms with Crippen molar-refractivity contribution in [3.8, 4) is 17.0 Å². The molecule has 2 N–H and O–H groups in total. The van der Waals surface area contributed by atoms with Crippen molar-refractivity contribution in [2.75, 3.05) is 23.0 Å². The normalized spacial score (nSPS) is 14.9. The fourth-order valence-electron chi connectivity index (χ4n) is 3.07. The molecule has 0 atom stereocenters. The largest absolute Gasteiger partial charge is 0.491 e. The van der Waals surface area contributed by atoms with E-state index >= 15 is 0 Å². The third-order valence-electron chi connectivity index (χ3n) is 4.40. The maximum atomic E-state index is 12.5. The van der Waals surface area contributed by atoms with Gasteiger partial charge in [-0.2, -0.15) is 5.10 Å². The van der Waals surface area contributed by atoms with Crippen LogP contribution in [0.2, 0.25) is 0 Å². The van der Waals surface area contributed by atoms with Gasteiger partial charge in [0, 0.05) is 38.0 Å². The molecule has 1 aliphatic rings. The molecule has 11 heteroatoms. The van der Waals surface area contributed by atoms with Crippen molar-refractivity contribution in [1.29, 1.82) is 0 Å². The van der Waals surface area contributed by atoms with Crippen molar-refractivity contribution in [2.24, 2.45) is 7.05 Å². The van der Waals surface area contributed by atoms with E-state index in [0.29, 0.717) is 41.6 Å². The molecule has 0 bridgehead atoms. The Labute approximate surface area is 173 Å². The van der Waals surface area contributed by atoms with Crippen molar-refractivity contribution in [3.63, 3.8) is 0 Å². The summed E-state index contributed by atoms with van der Waals surface area (Å²) in [4.78, 5) is 20.0. The zero-order chi connectivity index (χ0) is 21.3. The van der Waals surface area contributed by atoms with Crippen molar-refractivity contribution in [1.82, 2.24) is 19.7 Å².